The monoisotopic (exact) mass is 418 g/mol. The predicted octanol–water partition coefficient (Wildman–Crippen LogP) is 4.70. The number of carbonyl (C=O) groups is 2. The second kappa shape index (κ2) is 9.60. The molecule has 0 fully saturated rings. The number of anilines is 1. The molecule has 0 saturated heterocycles. The van der Waals surface area contributed by atoms with Crippen LogP contribution in [0.5, 0.6) is 5.75 Å². The molecule has 0 atom stereocenters. The molecule has 0 radical (unpaired) electrons. The second-order valence-corrected chi connectivity index (χ2v) is 7.70. The molecule has 1 aliphatic rings. The van der Waals surface area contributed by atoms with Crippen molar-refractivity contribution in [2.45, 2.75) is 38.5 Å². The number of fused-ring (bicyclic) bond motifs is 2. The molecule has 160 valence electrons. The first kappa shape index (κ1) is 20.8. The molecular weight excluding hydrogens is 392 g/mol. The third-order valence-corrected chi connectivity index (χ3v) is 5.58. The Morgan fingerprint density at radius 1 is 0.968 bits per heavy atom. The van der Waals surface area contributed by atoms with Crippen molar-refractivity contribution < 1.29 is 19.1 Å². The highest BCUT2D eigenvalue weighted by Crippen LogP contribution is 2.29. The number of benzene rings is 2. The summed E-state index contributed by atoms with van der Waals surface area (Å²) >= 11 is 0. The first-order valence-corrected chi connectivity index (χ1v) is 10.7. The Morgan fingerprint density at radius 2 is 1.71 bits per heavy atom. The van der Waals surface area contributed by atoms with E-state index in [4.69, 9.17) is 14.5 Å². The Morgan fingerprint density at radius 3 is 2.48 bits per heavy atom. The fourth-order valence-electron chi connectivity index (χ4n) is 4.03. The number of nitrogens with one attached hydrogen (secondary N) is 1. The highest BCUT2D eigenvalue weighted by Gasteiger charge is 2.23. The van der Waals surface area contributed by atoms with E-state index in [-0.39, 0.29) is 12.5 Å². The van der Waals surface area contributed by atoms with Crippen molar-refractivity contribution in [2.75, 3.05) is 19.0 Å². The fourth-order valence-corrected chi connectivity index (χ4v) is 4.03. The number of aryl methyl sites for hydroxylation is 1. The van der Waals surface area contributed by atoms with E-state index in [0.29, 0.717) is 17.0 Å². The summed E-state index contributed by atoms with van der Waals surface area (Å²) in [6.07, 6.45) is 6.07. The van der Waals surface area contributed by atoms with Crippen molar-refractivity contribution in [1.82, 2.24) is 4.98 Å². The highest BCUT2D eigenvalue weighted by atomic mass is 16.5. The van der Waals surface area contributed by atoms with Gasteiger partial charge in [-0.1, -0.05) is 31.0 Å². The normalized spacial score (nSPS) is 13.6. The van der Waals surface area contributed by atoms with Gasteiger partial charge in [0.15, 0.2) is 6.61 Å². The third-order valence-electron chi connectivity index (χ3n) is 5.58. The van der Waals surface area contributed by atoms with Crippen LogP contribution in [0.15, 0.2) is 48.5 Å². The zero-order valence-corrected chi connectivity index (χ0v) is 17.6. The van der Waals surface area contributed by atoms with Crippen molar-refractivity contribution in [2.24, 2.45) is 0 Å². The van der Waals surface area contributed by atoms with Crippen molar-refractivity contribution in [3.63, 3.8) is 0 Å². The van der Waals surface area contributed by atoms with Gasteiger partial charge in [-0.3, -0.25) is 9.78 Å². The molecule has 0 aliphatic heterocycles. The summed E-state index contributed by atoms with van der Waals surface area (Å²) in [5.74, 6) is -0.162. The maximum absolute atomic E-state index is 13.1. The third kappa shape index (κ3) is 4.85. The summed E-state index contributed by atoms with van der Waals surface area (Å²) < 4.78 is 10.6. The Hall–Kier alpha value is -3.41. The van der Waals surface area contributed by atoms with Gasteiger partial charge in [0, 0.05) is 16.8 Å². The van der Waals surface area contributed by atoms with E-state index < -0.39 is 5.97 Å². The lowest BCUT2D eigenvalue weighted by Gasteiger charge is -2.18. The molecule has 1 aromatic heterocycles. The van der Waals surface area contributed by atoms with Gasteiger partial charge in [0.1, 0.15) is 5.75 Å². The SMILES string of the molecule is COc1ccc(NC(=O)COC(=O)c2c3c(nc4ccccc24)CCCCCC3)cc1. The zero-order valence-electron chi connectivity index (χ0n) is 17.6. The number of hydrogen-bond donors (Lipinski definition) is 1. The van der Waals surface area contributed by atoms with Crippen LogP contribution in [0.1, 0.15) is 47.3 Å². The Bertz CT molecular complexity index is 1090. The molecular formula is C25H26N2O4. The zero-order chi connectivity index (χ0) is 21.6. The smallest absolute Gasteiger partial charge is 0.339 e. The molecule has 6 heteroatoms. The summed E-state index contributed by atoms with van der Waals surface area (Å²) in [4.78, 5) is 30.3. The minimum Gasteiger partial charge on any atom is -0.497 e. The van der Waals surface area contributed by atoms with Gasteiger partial charge in [0.2, 0.25) is 0 Å². The molecule has 0 unspecified atom stereocenters. The molecule has 3 aromatic rings. The average Bonchev–Trinajstić information content (AvgIpc) is 2.77. The molecule has 6 nitrogen and oxygen atoms in total. The lowest BCUT2D eigenvalue weighted by atomic mass is 9.91. The molecule has 4 rings (SSSR count). The average molecular weight is 418 g/mol. The van der Waals surface area contributed by atoms with Crippen molar-refractivity contribution >= 4 is 28.5 Å². The fraction of sp³-hybridized carbons (Fsp3) is 0.320. The van der Waals surface area contributed by atoms with Crippen LogP contribution in [0.25, 0.3) is 10.9 Å². The number of aromatic nitrogens is 1. The minimum absolute atomic E-state index is 0.351. The van der Waals surface area contributed by atoms with Gasteiger partial charge in [-0.15, -0.1) is 0 Å². The first-order valence-electron chi connectivity index (χ1n) is 10.7. The van der Waals surface area contributed by atoms with Crippen LogP contribution in [0.2, 0.25) is 0 Å². The van der Waals surface area contributed by atoms with Crippen molar-refractivity contribution in [1.29, 1.82) is 0 Å². The number of para-hydroxylation sites is 1. The molecule has 0 saturated carbocycles. The maximum atomic E-state index is 13.1. The lowest BCUT2D eigenvalue weighted by molar-refractivity contribution is -0.119. The van der Waals surface area contributed by atoms with Crippen LogP contribution in [-0.2, 0) is 22.4 Å². The highest BCUT2D eigenvalue weighted by molar-refractivity contribution is 6.06. The Balaban J connectivity index is 1.53. The summed E-state index contributed by atoms with van der Waals surface area (Å²) in [5.41, 5.74) is 3.91. The topological polar surface area (TPSA) is 77.5 Å². The Kier molecular flexibility index (Phi) is 6.46. The maximum Gasteiger partial charge on any atom is 0.339 e. The number of rotatable bonds is 5. The van der Waals surface area contributed by atoms with E-state index in [1.807, 2.05) is 24.3 Å². The molecule has 1 aliphatic carbocycles. The van der Waals surface area contributed by atoms with E-state index in [0.717, 1.165) is 54.3 Å². The molecule has 0 spiro atoms. The van der Waals surface area contributed by atoms with Crippen molar-refractivity contribution in [3.8, 4) is 5.75 Å². The van der Waals surface area contributed by atoms with E-state index >= 15 is 0 Å². The van der Waals surface area contributed by atoms with Crippen LogP contribution in [-0.4, -0.2) is 30.6 Å². The van der Waals surface area contributed by atoms with Gasteiger partial charge in [0.25, 0.3) is 5.91 Å². The molecule has 31 heavy (non-hydrogen) atoms. The number of methoxy groups -OCH3 is 1. The van der Waals surface area contributed by atoms with Gasteiger partial charge in [-0.25, -0.2) is 4.79 Å². The molecule has 1 N–H and O–H groups in total. The second-order valence-electron chi connectivity index (χ2n) is 7.70. The lowest BCUT2D eigenvalue weighted by Crippen LogP contribution is -2.22. The van der Waals surface area contributed by atoms with E-state index in [9.17, 15) is 9.59 Å². The molecule has 1 heterocycles. The number of pyridine rings is 1. The molecule has 2 aromatic carbocycles. The quantitative estimate of drug-likeness (QED) is 0.608. The largest absolute Gasteiger partial charge is 0.497 e. The Labute approximate surface area is 181 Å². The first-order chi connectivity index (χ1) is 15.2. The van der Waals surface area contributed by atoms with Crippen LogP contribution in [0, 0.1) is 0 Å². The summed E-state index contributed by atoms with van der Waals surface area (Å²) in [7, 11) is 1.58. The van der Waals surface area contributed by atoms with Gasteiger partial charge in [-0.05, 0) is 61.6 Å². The van der Waals surface area contributed by atoms with Crippen molar-refractivity contribution in [3.05, 3.63) is 65.4 Å². The van der Waals surface area contributed by atoms with Gasteiger partial charge in [0.05, 0.1) is 18.2 Å². The molecule has 0 bridgehead atoms. The summed E-state index contributed by atoms with van der Waals surface area (Å²) in [6.45, 7) is -0.351. The van der Waals surface area contributed by atoms with Crippen LogP contribution < -0.4 is 10.1 Å². The van der Waals surface area contributed by atoms with E-state index in [2.05, 4.69) is 5.32 Å². The summed E-state index contributed by atoms with van der Waals surface area (Å²) in [5, 5.41) is 3.51. The van der Waals surface area contributed by atoms with Crippen LogP contribution >= 0.6 is 0 Å². The van der Waals surface area contributed by atoms with Gasteiger partial charge >= 0.3 is 5.97 Å². The minimum atomic E-state index is -0.472. The number of esters is 1. The van der Waals surface area contributed by atoms with Crippen LogP contribution in [0.3, 0.4) is 0 Å². The van der Waals surface area contributed by atoms with Gasteiger partial charge < -0.3 is 14.8 Å². The van der Waals surface area contributed by atoms with Gasteiger partial charge in [-0.2, -0.15) is 0 Å². The van der Waals surface area contributed by atoms with E-state index in [1.54, 1.807) is 31.4 Å². The number of carbonyl (C=O) groups excluding carboxylic acids is 2. The van der Waals surface area contributed by atoms with Crippen LogP contribution in [0.4, 0.5) is 5.69 Å². The number of nitrogens with zero attached hydrogens (tertiary/aromatic N) is 1. The summed E-state index contributed by atoms with van der Waals surface area (Å²) in [6, 6.07) is 14.6. The van der Waals surface area contributed by atoms with E-state index in [1.165, 1.54) is 6.42 Å². The number of hydrogen-bond acceptors (Lipinski definition) is 5. The standard InChI is InChI=1S/C25H26N2O4/c1-30-18-14-12-17(13-15-18)26-23(28)16-31-25(29)24-19-8-4-2-3-5-10-21(19)27-22-11-7-6-9-20(22)24/h6-7,9,11-15H,2-5,8,10,16H2,1H3,(H,26,28). The number of ether oxygens (including phenoxy) is 2. The number of amides is 1. The molecule has 1 amide bonds. The predicted molar refractivity (Wildman–Crippen MR) is 120 cm³/mol.